The van der Waals surface area contributed by atoms with Crippen molar-refractivity contribution in [1.29, 1.82) is 0 Å². The maximum absolute atomic E-state index is 12.7. The summed E-state index contributed by atoms with van der Waals surface area (Å²) in [7, 11) is 1.54. The van der Waals surface area contributed by atoms with Gasteiger partial charge in [0.2, 0.25) is 0 Å². The summed E-state index contributed by atoms with van der Waals surface area (Å²) in [5, 5.41) is 0. The molecule has 0 aromatic heterocycles. The van der Waals surface area contributed by atoms with Crippen LogP contribution < -0.4 is 15.2 Å². The van der Waals surface area contributed by atoms with E-state index < -0.39 is 11.7 Å². The third kappa shape index (κ3) is 4.89. The van der Waals surface area contributed by atoms with Gasteiger partial charge in [-0.1, -0.05) is 12.1 Å². The Morgan fingerprint density at radius 1 is 1.12 bits per heavy atom. The van der Waals surface area contributed by atoms with Crippen LogP contribution in [0.3, 0.4) is 0 Å². The van der Waals surface area contributed by atoms with Gasteiger partial charge in [-0.15, -0.1) is 0 Å². The fraction of sp³-hybridized carbons (Fsp3) is 0.333. The summed E-state index contributed by atoms with van der Waals surface area (Å²) in [4.78, 5) is 0. The molecule has 0 amide bonds. The van der Waals surface area contributed by atoms with Crippen LogP contribution in [0.25, 0.3) is 0 Å². The predicted octanol–water partition coefficient (Wildman–Crippen LogP) is 4.18. The molecule has 2 N–H and O–H groups in total. The first-order valence-electron chi connectivity index (χ1n) is 7.51. The van der Waals surface area contributed by atoms with Crippen LogP contribution in [0.5, 0.6) is 11.5 Å². The zero-order valence-corrected chi connectivity index (χ0v) is 13.6. The molecule has 6 heteroatoms. The summed E-state index contributed by atoms with van der Waals surface area (Å²) in [6, 6.07) is 10.4. The van der Waals surface area contributed by atoms with Crippen molar-refractivity contribution in [2.45, 2.75) is 32.2 Å². The predicted molar refractivity (Wildman–Crippen MR) is 86.1 cm³/mol. The van der Waals surface area contributed by atoms with Crippen LogP contribution >= 0.6 is 0 Å². The molecule has 130 valence electrons. The van der Waals surface area contributed by atoms with Crippen molar-refractivity contribution in [3.63, 3.8) is 0 Å². The zero-order valence-electron chi connectivity index (χ0n) is 13.6. The second-order valence-corrected chi connectivity index (χ2v) is 5.64. The topological polar surface area (TPSA) is 44.5 Å². The third-order valence-electron chi connectivity index (χ3n) is 3.46. The molecule has 0 bridgehead atoms. The second-order valence-electron chi connectivity index (χ2n) is 5.64. The molecule has 1 atom stereocenters. The summed E-state index contributed by atoms with van der Waals surface area (Å²) in [5.74, 6) is 0.778. The lowest BCUT2D eigenvalue weighted by molar-refractivity contribution is -0.137. The van der Waals surface area contributed by atoms with Gasteiger partial charge in [-0.3, -0.25) is 0 Å². The van der Waals surface area contributed by atoms with Gasteiger partial charge in [0.25, 0.3) is 0 Å². The van der Waals surface area contributed by atoms with E-state index in [1.807, 2.05) is 25.1 Å². The van der Waals surface area contributed by atoms with Gasteiger partial charge in [-0.05, 0) is 49.2 Å². The number of alkyl halides is 3. The number of nitrogens with two attached hydrogens (primary N) is 1. The molecule has 2 rings (SSSR count). The normalized spacial score (nSPS) is 12.8. The molecular weight excluding hydrogens is 319 g/mol. The van der Waals surface area contributed by atoms with Crippen LogP contribution in [-0.4, -0.2) is 13.2 Å². The molecule has 0 aliphatic heterocycles. The fourth-order valence-corrected chi connectivity index (χ4v) is 2.37. The molecule has 0 heterocycles. The molecule has 0 saturated heterocycles. The zero-order chi connectivity index (χ0) is 17.7. The summed E-state index contributed by atoms with van der Waals surface area (Å²) in [6.45, 7) is 2.01. The molecule has 24 heavy (non-hydrogen) atoms. The number of ether oxygens (including phenoxy) is 2. The van der Waals surface area contributed by atoms with Gasteiger partial charge < -0.3 is 15.2 Å². The van der Waals surface area contributed by atoms with Crippen LogP contribution in [0, 0.1) is 0 Å². The van der Waals surface area contributed by atoms with E-state index in [-0.39, 0.29) is 18.4 Å². The molecule has 0 radical (unpaired) electrons. The summed E-state index contributed by atoms with van der Waals surface area (Å²) >= 11 is 0. The van der Waals surface area contributed by atoms with Crippen LogP contribution in [0.1, 0.15) is 23.6 Å². The number of hydrogen-bond acceptors (Lipinski definition) is 3. The van der Waals surface area contributed by atoms with Crippen molar-refractivity contribution < 1.29 is 22.6 Å². The van der Waals surface area contributed by atoms with Crippen LogP contribution in [0.15, 0.2) is 42.5 Å². The minimum absolute atomic E-state index is 0.00984. The maximum atomic E-state index is 12.7. The molecule has 2 aromatic carbocycles. The van der Waals surface area contributed by atoms with E-state index in [1.54, 1.807) is 0 Å². The quantitative estimate of drug-likeness (QED) is 0.858. The Morgan fingerprint density at radius 3 is 2.50 bits per heavy atom. The van der Waals surface area contributed by atoms with E-state index in [0.29, 0.717) is 12.2 Å². The molecule has 0 aliphatic rings. The lowest BCUT2D eigenvalue weighted by atomic mass is 10.0. The van der Waals surface area contributed by atoms with Crippen molar-refractivity contribution >= 4 is 0 Å². The van der Waals surface area contributed by atoms with Gasteiger partial charge in [-0.2, -0.15) is 13.2 Å². The average Bonchev–Trinajstić information content (AvgIpc) is 2.52. The van der Waals surface area contributed by atoms with Crippen molar-refractivity contribution in [2.24, 2.45) is 5.73 Å². The molecule has 1 unspecified atom stereocenters. The Labute approximate surface area is 139 Å². The second kappa shape index (κ2) is 7.57. The van der Waals surface area contributed by atoms with Crippen LogP contribution in [-0.2, 0) is 19.2 Å². The van der Waals surface area contributed by atoms with E-state index in [4.69, 9.17) is 15.2 Å². The van der Waals surface area contributed by atoms with Crippen molar-refractivity contribution in [3.8, 4) is 11.5 Å². The first kappa shape index (κ1) is 18.1. The molecular formula is C18H20F3NO2. The Bertz CT molecular complexity index is 684. The van der Waals surface area contributed by atoms with E-state index in [1.165, 1.54) is 19.2 Å². The maximum Gasteiger partial charge on any atom is 0.416 e. The highest BCUT2D eigenvalue weighted by molar-refractivity contribution is 5.38. The van der Waals surface area contributed by atoms with E-state index in [9.17, 15) is 13.2 Å². The number of methoxy groups -OCH3 is 1. The van der Waals surface area contributed by atoms with Gasteiger partial charge >= 0.3 is 6.18 Å². The van der Waals surface area contributed by atoms with E-state index in [0.717, 1.165) is 23.3 Å². The van der Waals surface area contributed by atoms with Crippen LogP contribution in [0.2, 0.25) is 0 Å². The van der Waals surface area contributed by atoms with Gasteiger partial charge in [0.15, 0.2) is 0 Å². The van der Waals surface area contributed by atoms with Gasteiger partial charge in [0.05, 0.1) is 12.7 Å². The molecule has 3 nitrogen and oxygen atoms in total. The average molecular weight is 339 g/mol. The number of halogens is 3. The summed E-state index contributed by atoms with van der Waals surface area (Å²) < 4.78 is 49.0. The lowest BCUT2D eigenvalue weighted by Crippen LogP contribution is -2.17. The molecule has 0 saturated carbocycles. The minimum Gasteiger partial charge on any atom is -0.496 e. The Balaban J connectivity index is 2.16. The highest BCUT2D eigenvalue weighted by Gasteiger charge is 2.30. The SMILES string of the molecule is COc1ccc(CC(C)N)cc1COc1cccc(C(F)(F)F)c1. The Hall–Kier alpha value is -2.21. The molecule has 0 spiro atoms. The summed E-state index contributed by atoms with van der Waals surface area (Å²) in [6.07, 6.45) is -3.70. The number of rotatable bonds is 6. The lowest BCUT2D eigenvalue weighted by Gasteiger charge is -2.14. The number of hydrogen-bond donors (Lipinski definition) is 1. The van der Waals surface area contributed by atoms with Gasteiger partial charge in [0.1, 0.15) is 18.1 Å². The van der Waals surface area contributed by atoms with E-state index in [2.05, 4.69) is 0 Å². The highest BCUT2D eigenvalue weighted by Crippen LogP contribution is 2.31. The first-order valence-corrected chi connectivity index (χ1v) is 7.51. The molecule has 2 aromatic rings. The third-order valence-corrected chi connectivity index (χ3v) is 3.46. The Kier molecular flexibility index (Phi) is 5.72. The summed E-state index contributed by atoms with van der Waals surface area (Å²) in [5.41, 5.74) is 6.84. The molecule has 0 fully saturated rings. The smallest absolute Gasteiger partial charge is 0.416 e. The standard InChI is InChI=1S/C18H20F3NO2/c1-12(22)8-13-6-7-17(23-2)14(9-13)11-24-16-5-3-4-15(10-16)18(19,20)21/h3-7,9-10,12H,8,11,22H2,1-2H3. The first-order chi connectivity index (χ1) is 11.3. The van der Waals surface area contributed by atoms with Crippen molar-refractivity contribution in [3.05, 3.63) is 59.2 Å². The fourth-order valence-electron chi connectivity index (χ4n) is 2.37. The highest BCUT2D eigenvalue weighted by atomic mass is 19.4. The largest absolute Gasteiger partial charge is 0.496 e. The molecule has 0 aliphatic carbocycles. The minimum atomic E-state index is -4.39. The monoisotopic (exact) mass is 339 g/mol. The van der Waals surface area contributed by atoms with Crippen molar-refractivity contribution in [1.82, 2.24) is 0 Å². The number of benzene rings is 2. The van der Waals surface area contributed by atoms with Gasteiger partial charge in [-0.25, -0.2) is 0 Å². The van der Waals surface area contributed by atoms with Crippen molar-refractivity contribution in [2.75, 3.05) is 7.11 Å². The van der Waals surface area contributed by atoms with Crippen LogP contribution in [0.4, 0.5) is 13.2 Å². The Morgan fingerprint density at radius 2 is 1.88 bits per heavy atom. The van der Waals surface area contributed by atoms with Gasteiger partial charge in [0, 0.05) is 11.6 Å². The van der Waals surface area contributed by atoms with E-state index >= 15 is 0 Å².